The highest BCUT2D eigenvalue weighted by atomic mass is 16.5. The third-order valence-electron chi connectivity index (χ3n) is 0.908. The lowest BCUT2D eigenvalue weighted by atomic mass is 10.4. The average molecular weight is 162 g/mol. The van der Waals surface area contributed by atoms with Crippen LogP contribution in [0.4, 0.5) is 0 Å². The summed E-state index contributed by atoms with van der Waals surface area (Å²) >= 11 is 0. The van der Waals surface area contributed by atoms with Crippen molar-refractivity contribution in [3.05, 3.63) is 0 Å². The Kier molecular flexibility index (Phi) is 50.7. The average Bonchev–Trinajstić information content (AvgIpc) is 2.10. The van der Waals surface area contributed by atoms with Gasteiger partial charge >= 0.3 is 0 Å². The molecule has 0 heterocycles. The third kappa shape index (κ3) is 72.0. The number of hydrogen-bond donors (Lipinski definition) is 0. The van der Waals surface area contributed by atoms with Gasteiger partial charge in [0.25, 0.3) is 0 Å². The normalized spacial score (nSPS) is 7.09. The van der Waals surface area contributed by atoms with Gasteiger partial charge in [-0.15, -0.1) is 0 Å². The summed E-state index contributed by atoms with van der Waals surface area (Å²) in [5.41, 5.74) is 0. The van der Waals surface area contributed by atoms with Crippen molar-refractivity contribution < 1.29 is 4.74 Å². The molecule has 0 saturated carbocycles. The van der Waals surface area contributed by atoms with Crippen molar-refractivity contribution in [2.24, 2.45) is 0 Å². The summed E-state index contributed by atoms with van der Waals surface area (Å²) in [5.74, 6) is 0. The Morgan fingerprint density at radius 3 is 1.18 bits per heavy atom. The highest BCUT2D eigenvalue weighted by Crippen LogP contribution is 1.76. The zero-order valence-electron chi connectivity index (χ0n) is 9.24. The zero-order valence-corrected chi connectivity index (χ0v) is 9.24. The van der Waals surface area contributed by atoms with Crippen LogP contribution >= 0.6 is 0 Å². The molecule has 0 saturated heterocycles. The Morgan fingerprint density at radius 2 is 1.18 bits per heavy atom. The third-order valence-corrected chi connectivity index (χ3v) is 0.908. The van der Waals surface area contributed by atoms with Gasteiger partial charge in [0, 0.05) is 13.7 Å². The first-order chi connectivity index (χ1) is 5.33. The monoisotopic (exact) mass is 162 g/mol. The van der Waals surface area contributed by atoms with E-state index in [0.717, 1.165) is 13.0 Å². The van der Waals surface area contributed by atoms with Crippen LogP contribution in [-0.4, -0.2) is 13.7 Å². The van der Waals surface area contributed by atoms with E-state index in [4.69, 9.17) is 4.74 Å². The number of rotatable bonds is 3. The molecular formula is C10H26O. The van der Waals surface area contributed by atoms with E-state index in [1.54, 1.807) is 7.11 Å². The number of methoxy groups -OCH3 is 1. The number of ether oxygens (including phenoxy) is 1. The van der Waals surface area contributed by atoms with E-state index in [0.29, 0.717) is 0 Å². The summed E-state index contributed by atoms with van der Waals surface area (Å²) in [5, 5.41) is 0. The Balaban J connectivity index is -0.0000000965. The van der Waals surface area contributed by atoms with Gasteiger partial charge < -0.3 is 4.74 Å². The van der Waals surface area contributed by atoms with Crippen LogP contribution in [0, 0.1) is 0 Å². The second kappa shape index (κ2) is 32.5. The summed E-state index contributed by atoms with van der Waals surface area (Å²) in [6.45, 7) is 11.3. The maximum atomic E-state index is 4.69. The van der Waals surface area contributed by atoms with Crippen molar-refractivity contribution in [1.82, 2.24) is 0 Å². The molecule has 0 atom stereocenters. The van der Waals surface area contributed by atoms with Crippen LogP contribution in [0.2, 0.25) is 0 Å². The molecule has 0 bridgehead atoms. The van der Waals surface area contributed by atoms with Crippen LogP contribution in [0.25, 0.3) is 0 Å². The summed E-state index contributed by atoms with van der Waals surface area (Å²) in [6.07, 6.45) is 3.76. The van der Waals surface area contributed by atoms with Crippen molar-refractivity contribution >= 4 is 0 Å². The van der Waals surface area contributed by atoms with E-state index in [9.17, 15) is 0 Å². The Labute approximate surface area is 73.1 Å². The fraction of sp³-hybridized carbons (Fsp3) is 1.00. The standard InChI is InChI=1S/C4H10O.C4H10.C2H6/c1-3-4-5-2;1-3-4-2;1-2/h3-4H2,1-2H3;3-4H2,1-2H3;1-2H3. The second-order valence-electron chi connectivity index (χ2n) is 1.99. The summed E-state index contributed by atoms with van der Waals surface area (Å²) < 4.78 is 4.69. The molecule has 1 heteroatoms. The Hall–Kier alpha value is -0.0400. The molecule has 0 aliphatic heterocycles. The molecule has 0 aliphatic carbocycles. The minimum absolute atomic E-state index is 0.889. The molecule has 0 aliphatic rings. The smallest absolute Gasteiger partial charge is 0.0459 e. The van der Waals surface area contributed by atoms with E-state index >= 15 is 0 Å². The molecular weight excluding hydrogens is 136 g/mol. The lowest BCUT2D eigenvalue weighted by molar-refractivity contribution is 0.199. The van der Waals surface area contributed by atoms with Gasteiger partial charge in [0.15, 0.2) is 0 Å². The van der Waals surface area contributed by atoms with Gasteiger partial charge in [-0.05, 0) is 6.42 Å². The molecule has 11 heavy (non-hydrogen) atoms. The maximum Gasteiger partial charge on any atom is 0.0459 e. The summed E-state index contributed by atoms with van der Waals surface area (Å²) in [7, 11) is 1.71. The Morgan fingerprint density at radius 1 is 0.818 bits per heavy atom. The first-order valence-electron chi connectivity index (χ1n) is 4.82. The molecule has 0 aromatic rings. The molecule has 0 aromatic heterocycles. The van der Waals surface area contributed by atoms with Gasteiger partial charge in [0.1, 0.15) is 0 Å². The van der Waals surface area contributed by atoms with Crippen molar-refractivity contribution in [1.29, 1.82) is 0 Å². The molecule has 0 spiro atoms. The van der Waals surface area contributed by atoms with E-state index in [1.807, 2.05) is 13.8 Å². The van der Waals surface area contributed by atoms with Gasteiger partial charge in [-0.3, -0.25) is 0 Å². The van der Waals surface area contributed by atoms with Crippen LogP contribution < -0.4 is 0 Å². The minimum Gasteiger partial charge on any atom is -0.385 e. The number of hydrogen-bond acceptors (Lipinski definition) is 1. The van der Waals surface area contributed by atoms with Gasteiger partial charge in [-0.25, -0.2) is 0 Å². The van der Waals surface area contributed by atoms with Crippen molar-refractivity contribution in [3.63, 3.8) is 0 Å². The highest BCUT2D eigenvalue weighted by molar-refractivity contribution is 4.15. The van der Waals surface area contributed by atoms with Crippen molar-refractivity contribution in [2.45, 2.75) is 53.9 Å². The molecule has 0 radical (unpaired) electrons. The summed E-state index contributed by atoms with van der Waals surface area (Å²) in [4.78, 5) is 0. The first-order valence-corrected chi connectivity index (χ1v) is 4.82. The lowest BCUT2D eigenvalue weighted by Crippen LogP contribution is -1.80. The molecule has 0 rings (SSSR count). The molecule has 0 unspecified atom stereocenters. The highest BCUT2D eigenvalue weighted by Gasteiger charge is 1.66. The largest absolute Gasteiger partial charge is 0.385 e. The molecule has 0 N–H and O–H groups in total. The van der Waals surface area contributed by atoms with Crippen LogP contribution in [-0.2, 0) is 4.74 Å². The lowest BCUT2D eigenvalue weighted by Gasteiger charge is -1.84. The van der Waals surface area contributed by atoms with Crippen molar-refractivity contribution in [2.75, 3.05) is 13.7 Å². The molecule has 0 fully saturated rings. The fourth-order valence-electron chi connectivity index (χ4n) is 0.204. The van der Waals surface area contributed by atoms with Crippen LogP contribution in [0.15, 0.2) is 0 Å². The number of unbranched alkanes of at least 4 members (excludes halogenated alkanes) is 1. The SMILES string of the molecule is CC.CCCC.CCCOC. The van der Waals surface area contributed by atoms with E-state index in [1.165, 1.54) is 12.8 Å². The maximum absolute atomic E-state index is 4.69. The van der Waals surface area contributed by atoms with E-state index in [-0.39, 0.29) is 0 Å². The van der Waals surface area contributed by atoms with E-state index in [2.05, 4.69) is 20.8 Å². The van der Waals surface area contributed by atoms with Crippen LogP contribution in [0.1, 0.15) is 53.9 Å². The molecule has 0 aromatic carbocycles. The zero-order chi connectivity index (χ0) is 9.54. The fourth-order valence-corrected chi connectivity index (χ4v) is 0.204. The predicted octanol–water partition coefficient (Wildman–Crippen LogP) is 3.88. The molecule has 1 nitrogen and oxygen atoms in total. The summed E-state index contributed by atoms with van der Waals surface area (Å²) in [6, 6.07) is 0. The van der Waals surface area contributed by atoms with Crippen molar-refractivity contribution in [3.8, 4) is 0 Å². The second-order valence-corrected chi connectivity index (χ2v) is 1.99. The van der Waals surface area contributed by atoms with Crippen LogP contribution in [0.5, 0.6) is 0 Å². The van der Waals surface area contributed by atoms with E-state index < -0.39 is 0 Å². The molecule has 0 amide bonds. The quantitative estimate of drug-likeness (QED) is 0.612. The van der Waals surface area contributed by atoms with Crippen LogP contribution in [0.3, 0.4) is 0 Å². The topological polar surface area (TPSA) is 9.23 Å². The van der Waals surface area contributed by atoms with Gasteiger partial charge in [-0.2, -0.15) is 0 Å². The minimum atomic E-state index is 0.889. The predicted molar refractivity (Wildman–Crippen MR) is 54.1 cm³/mol. The van der Waals surface area contributed by atoms with Gasteiger partial charge in [0.05, 0.1) is 0 Å². The van der Waals surface area contributed by atoms with Gasteiger partial charge in [0.2, 0.25) is 0 Å². The molecule has 72 valence electrons. The first kappa shape index (κ1) is 17.2. The Bertz CT molecular complexity index is 24.1. The van der Waals surface area contributed by atoms with Gasteiger partial charge in [-0.1, -0.05) is 47.5 Å².